The van der Waals surface area contributed by atoms with Crippen LogP contribution in [0.4, 0.5) is 8.78 Å². The Balaban J connectivity index is 2.28. The predicted molar refractivity (Wildman–Crippen MR) is 65.9 cm³/mol. The quantitative estimate of drug-likeness (QED) is 0.748. The summed E-state index contributed by atoms with van der Waals surface area (Å²) in [6.45, 7) is 1.74. The summed E-state index contributed by atoms with van der Waals surface area (Å²) in [6.07, 6.45) is 1.48. The number of benzene rings is 1. The maximum Gasteiger partial charge on any atom is 0.323 e. The molecule has 1 atom stereocenters. The molecule has 0 saturated carbocycles. The molecular weight excluding hydrogens is 256 g/mol. The average Bonchev–Trinajstić information content (AvgIpc) is 2.33. The molecule has 0 heterocycles. The number of halogens is 2. The van der Waals surface area contributed by atoms with Crippen LogP contribution in [0.15, 0.2) is 18.2 Å². The summed E-state index contributed by atoms with van der Waals surface area (Å²) in [5.41, 5.74) is 4.31. The first-order valence-electron chi connectivity index (χ1n) is 5.93. The summed E-state index contributed by atoms with van der Waals surface area (Å²) in [6, 6.07) is 3.30. The topological polar surface area (TPSA) is 72.5 Å². The molecule has 0 bridgehead atoms. The van der Waals surface area contributed by atoms with Crippen molar-refractivity contribution in [2.45, 2.75) is 31.7 Å². The van der Waals surface area contributed by atoms with Crippen molar-refractivity contribution in [1.29, 1.82) is 0 Å². The Morgan fingerprint density at radius 2 is 2.05 bits per heavy atom. The van der Waals surface area contributed by atoms with E-state index in [1.807, 2.05) is 0 Å². The van der Waals surface area contributed by atoms with Gasteiger partial charge in [-0.25, -0.2) is 8.78 Å². The summed E-state index contributed by atoms with van der Waals surface area (Å²) < 4.78 is 30.7. The van der Waals surface area contributed by atoms with Gasteiger partial charge in [-0.3, -0.25) is 4.79 Å². The lowest BCUT2D eigenvalue weighted by atomic mass is 9.97. The molecule has 19 heavy (non-hydrogen) atoms. The fourth-order valence-electron chi connectivity index (χ4n) is 1.46. The molecule has 0 saturated heterocycles. The van der Waals surface area contributed by atoms with Crippen LogP contribution in [0, 0.1) is 11.6 Å². The van der Waals surface area contributed by atoms with Crippen molar-refractivity contribution in [3.8, 4) is 5.75 Å². The van der Waals surface area contributed by atoms with Gasteiger partial charge in [0, 0.05) is 6.07 Å². The third-order valence-electron chi connectivity index (χ3n) is 2.74. The van der Waals surface area contributed by atoms with Crippen LogP contribution in [0.3, 0.4) is 0 Å². The van der Waals surface area contributed by atoms with Gasteiger partial charge in [0.05, 0.1) is 6.61 Å². The minimum absolute atomic E-state index is 0.243. The normalized spacial score (nSPS) is 13.9. The van der Waals surface area contributed by atoms with Gasteiger partial charge < -0.3 is 15.6 Å². The molecule has 1 aromatic rings. The third kappa shape index (κ3) is 4.82. The van der Waals surface area contributed by atoms with Crippen molar-refractivity contribution >= 4 is 5.97 Å². The number of unbranched alkanes of at least 4 members (excludes halogenated alkanes) is 1. The molecule has 0 radical (unpaired) electrons. The van der Waals surface area contributed by atoms with Crippen LogP contribution in [0.2, 0.25) is 0 Å². The average molecular weight is 273 g/mol. The first kappa shape index (κ1) is 15.4. The molecule has 3 N–H and O–H groups in total. The van der Waals surface area contributed by atoms with Gasteiger partial charge in [-0.1, -0.05) is 0 Å². The van der Waals surface area contributed by atoms with E-state index >= 15 is 0 Å². The maximum atomic E-state index is 12.9. The van der Waals surface area contributed by atoms with Crippen LogP contribution in [-0.4, -0.2) is 23.2 Å². The molecule has 1 aromatic carbocycles. The second kappa shape index (κ2) is 6.47. The van der Waals surface area contributed by atoms with Crippen molar-refractivity contribution in [2.24, 2.45) is 5.73 Å². The maximum absolute atomic E-state index is 12.9. The Hall–Kier alpha value is -1.69. The molecule has 0 amide bonds. The lowest BCUT2D eigenvalue weighted by Crippen LogP contribution is -2.44. The van der Waals surface area contributed by atoms with Gasteiger partial charge in [-0.05, 0) is 38.3 Å². The minimum Gasteiger partial charge on any atom is -0.493 e. The summed E-state index contributed by atoms with van der Waals surface area (Å²) in [5, 5.41) is 8.80. The van der Waals surface area contributed by atoms with Crippen molar-refractivity contribution in [3.63, 3.8) is 0 Å². The Morgan fingerprint density at radius 1 is 1.37 bits per heavy atom. The van der Waals surface area contributed by atoms with E-state index in [1.54, 1.807) is 0 Å². The first-order valence-corrected chi connectivity index (χ1v) is 5.93. The predicted octanol–water partition coefficient (Wildman–Crippen LogP) is 2.32. The number of rotatable bonds is 7. The fraction of sp³-hybridized carbons (Fsp3) is 0.462. The van der Waals surface area contributed by atoms with E-state index < -0.39 is 23.1 Å². The van der Waals surface area contributed by atoms with E-state index in [9.17, 15) is 13.6 Å². The number of carbonyl (C=O) groups is 1. The van der Waals surface area contributed by atoms with Crippen LogP contribution < -0.4 is 10.5 Å². The Kier molecular flexibility index (Phi) is 5.23. The van der Waals surface area contributed by atoms with E-state index in [-0.39, 0.29) is 5.75 Å². The summed E-state index contributed by atoms with van der Waals surface area (Å²) in [4.78, 5) is 10.7. The highest BCUT2D eigenvalue weighted by Crippen LogP contribution is 2.16. The van der Waals surface area contributed by atoms with E-state index in [2.05, 4.69) is 0 Å². The van der Waals surface area contributed by atoms with Gasteiger partial charge in [0.15, 0.2) is 11.6 Å². The van der Waals surface area contributed by atoms with E-state index in [1.165, 1.54) is 13.0 Å². The minimum atomic E-state index is -1.25. The number of carboxylic acids is 1. The largest absolute Gasteiger partial charge is 0.493 e. The highest BCUT2D eigenvalue weighted by molar-refractivity contribution is 5.77. The van der Waals surface area contributed by atoms with Crippen LogP contribution in [-0.2, 0) is 4.79 Å². The van der Waals surface area contributed by atoms with Gasteiger partial charge in [0.25, 0.3) is 0 Å². The molecular formula is C13H17F2NO3. The van der Waals surface area contributed by atoms with Crippen LogP contribution in [0.1, 0.15) is 26.2 Å². The lowest BCUT2D eigenvalue weighted by Gasteiger charge is -2.18. The van der Waals surface area contributed by atoms with Crippen LogP contribution >= 0.6 is 0 Å². The fourth-order valence-corrected chi connectivity index (χ4v) is 1.46. The zero-order valence-corrected chi connectivity index (χ0v) is 10.7. The summed E-state index contributed by atoms with van der Waals surface area (Å²) >= 11 is 0. The molecule has 0 fully saturated rings. The Labute approximate surface area is 110 Å². The monoisotopic (exact) mass is 273 g/mol. The third-order valence-corrected chi connectivity index (χ3v) is 2.74. The second-order valence-electron chi connectivity index (χ2n) is 4.60. The number of hydrogen-bond acceptors (Lipinski definition) is 3. The van der Waals surface area contributed by atoms with Gasteiger partial charge in [0.1, 0.15) is 11.3 Å². The number of hydrogen-bond donors (Lipinski definition) is 2. The molecule has 1 rings (SSSR count). The summed E-state index contributed by atoms with van der Waals surface area (Å²) in [7, 11) is 0. The number of carboxylic acid groups (broad SMARTS) is 1. The highest BCUT2D eigenvalue weighted by Gasteiger charge is 2.26. The van der Waals surface area contributed by atoms with Gasteiger partial charge in [-0.15, -0.1) is 0 Å². The molecule has 0 aliphatic carbocycles. The highest BCUT2D eigenvalue weighted by atomic mass is 19.2. The standard InChI is InChI=1S/C13H17F2NO3/c1-13(16,12(17)18)6-2-3-7-19-9-4-5-10(14)11(15)8-9/h4-5,8H,2-3,6-7,16H2,1H3,(H,17,18). The van der Waals surface area contributed by atoms with E-state index in [4.69, 9.17) is 15.6 Å². The lowest BCUT2D eigenvalue weighted by molar-refractivity contribution is -0.142. The van der Waals surface area contributed by atoms with Crippen molar-refractivity contribution < 1.29 is 23.4 Å². The molecule has 1 unspecified atom stereocenters. The number of aliphatic carboxylic acids is 1. The summed E-state index contributed by atoms with van der Waals surface area (Å²) in [5.74, 6) is -2.69. The van der Waals surface area contributed by atoms with Gasteiger partial charge >= 0.3 is 5.97 Å². The van der Waals surface area contributed by atoms with E-state index in [0.717, 1.165) is 12.1 Å². The Morgan fingerprint density at radius 3 is 2.63 bits per heavy atom. The van der Waals surface area contributed by atoms with Crippen molar-refractivity contribution in [2.75, 3.05) is 6.61 Å². The molecule has 0 aliphatic rings. The number of ether oxygens (including phenoxy) is 1. The molecule has 106 valence electrons. The molecule has 0 aliphatic heterocycles. The number of nitrogens with two attached hydrogens (primary N) is 1. The van der Waals surface area contributed by atoms with Crippen molar-refractivity contribution in [1.82, 2.24) is 0 Å². The zero-order chi connectivity index (χ0) is 14.5. The van der Waals surface area contributed by atoms with E-state index in [0.29, 0.717) is 25.9 Å². The zero-order valence-electron chi connectivity index (χ0n) is 10.7. The molecule has 4 nitrogen and oxygen atoms in total. The van der Waals surface area contributed by atoms with Crippen molar-refractivity contribution in [3.05, 3.63) is 29.8 Å². The smallest absolute Gasteiger partial charge is 0.323 e. The van der Waals surface area contributed by atoms with Gasteiger partial charge in [0.2, 0.25) is 0 Å². The van der Waals surface area contributed by atoms with Crippen LogP contribution in [0.25, 0.3) is 0 Å². The first-order chi connectivity index (χ1) is 8.83. The second-order valence-corrected chi connectivity index (χ2v) is 4.60. The van der Waals surface area contributed by atoms with Gasteiger partial charge in [-0.2, -0.15) is 0 Å². The molecule has 0 spiro atoms. The molecule has 6 heteroatoms. The molecule has 0 aromatic heterocycles. The van der Waals surface area contributed by atoms with Crippen LogP contribution in [0.5, 0.6) is 5.75 Å². The SMILES string of the molecule is CC(N)(CCCCOc1ccc(F)c(F)c1)C(=O)O. The Bertz CT molecular complexity index is 450.